The van der Waals surface area contributed by atoms with Crippen LogP contribution in [0.1, 0.15) is 15.9 Å². The number of amides is 1. The molecule has 1 N–H and O–H groups in total. The summed E-state index contributed by atoms with van der Waals surface area (Å²) in [6.07, 6.45) is -7.37. The molecule has 0 aliphatic carbocycles. The summed E-state index contributed by atoms with van der Waals surface area (Å²) in [6, 6.07) is 11.6. The van der Waals surface area contributed by atoms with Gasteiger partial charge in [-0.3, -0.25) is 9.59 Å². The Morgan fingerprint density at radius 2 is 1.28 bits per heavy atom. The fraction of sp³-hybridized carbons (Fsp3) is 0.263. The molecule has 2 aromatic rings. The second-order valence-electron chi connectivity index (χ2n) is 6.09. The fourth-order valence-corrected chi connectivity index (χ4v) is 2.44. The van der Waals surface area contributed by atoms with Crippen LogP contribution >= 0.6 is 0 Å². The van der Waals surface area contributed by atoms with E-state index in [9.17, 15) is 40.3 Å². The number of carbonyl (C=O) groups is 2. The van der Waals surface area contributed by atoms with Gasteiger partial charge in [-0.05, 0) is 17.7 Å². The molecule has 156 valence electrons. The molecule has 0 fully saturated rings. The van der Waals surface area contributed by atoms with Crippen molar-refractivity contribution >= 4 is 11.7 Å². The summed E-state index contributed by atoms with van der Waals surface area (Å²) < 4.78 is 91.8. The first-order valence-corrected chi connectivity index (χ1v) is 8.14. The zero-order chi connectivity index (χ0) is 21.9. The first kappa shape index (κ1) is 22.4. The average Bonchev–Trinajstić information content (AvgIpc) is 2.67. The maximum absolute atomic E-state index is 13.9. The SMILES string of the molecule is O=C(NC(Cc1ccccc1)C(=O)C(F)(F)C(F)(F)C(F)(F)F)c1ccccc1. The minimum atomic E-state index is -6.66. The van der Waals surface area contributed by atoms with Gasteiger partial charge in [0.25, 0.3) is 5.91 Å². The van der Waals surface area contributed by atoms with Crippen molar-refractivity contribution in [1.82, 2.24) is 5.32 Å². The molecule has 0 saturated heterocycles. The second-order valence-corrected chi connectivity index (χ2v) is 6.09. The van der Waals surface area contributed by atoms with Crippen LogP contribution in [0.2, 0.25) is 0 Å². The van der Waals surface area contributed by atoms with E-state index in [2.05, 4.69) is 0 Å². The number of alkyl halides is 7. The minimum Gasteiger partial charge on any atom is -0.342 e. The third-order valence-electron chi connectivity index (χ3n) is 4.00. The van der Waals surface area contributed by atoms with Gasteiger partial charge in [0.15, 0.2) is 0 Å². The number of Topliss-reactive ketones (excluding diaryl/α,β-unsaturated/α-hetero) is 1. The summed E-state index contributed by atoms with van der Waals surface area (Å²) in [4.78, 5) is 24.3. The van der Waals surface area contributed by atoms with Crippen LogP contribution in [-0.2, 0) is 11.2 Å². The van der Waals surface area contributed by atoms with Crippen molar-refractivity contribution in [2.75, 3.05) is 0 Å². The molecule has 0 saturated carbocycles. The Labute approximate surface area is 160 Å². The standard InChI is InChI=1S/C19H14F7NO2/c20-17(21,18(22,23)19(24,25)26)15(28)14(11-12-7-3-1-4-8-12)27-16(29)13-9-5-2-6-10-13/h1-10,14H,11H2,(H,27,29). The molecule has 0 radical (unpaired) electrons. The Bertz CT molecular complexity index is 852. The van der Waals surface area contributed by atoms with E-state index in [1.54, 1.807) is 0 Å². The highest BCUT2D eigenvalue weighted by atomic mass is 19.4. The van der Waals surface area contributed by atoms with Gasteiger partial charge in [-0.15, -0.1) is 0 Å². The molecule has 1 unspecified atom stereocenters. The van der Waals surface area contributed by atoms with E-state index >= 15 is 0 Å². The lowest BCUT2D eigenvalue weighted by Crippen LogP contribution is -2.61. The first-order chi connectivity index (χ1) is 13.4. The highest BCUT2D eigenvalue weighted by molar-refractivity contribution is 6.00. The largest absolute Gasteiger partial charge is 0.460 e. The Morgan fingerprint density at radius 1 is 0.793 bits per heavy atom. The zero-order valence-corrected chi connectivity index (χ0v) is 14.5. The molecule has 0 aliphatic heterocycles. The highest BCUT2D eigenvalue weighted by Crippen LogP contribution is 2.47. The van der Waals surface area contributed by atoms with Gasteiger partial charge in [0, 0.05) is 12.0 Å². The molecule has 1 amide bonds. The highest BCUT2D eigenvalue weighted by Gasteiger charge is 2.76. The fourth-order valence-electron chi connectivity index (χ4n) is 2.44. The zero-order valence-electron chi connectivity index (χ0n) is 14.5. The van der Waals surface area contributed by atoms with Crippen LogP contribution < -0.4 is 5.32 Å². The number of halogens is 7. The lowest BCUT2D eigenvalue weighted by molar-refractivity contribution is -0.343. The van der Waals surface area contributed by atoms with Crippen molar-refractivity contribution in [1.29, 1.82) is 0 Å². The van der Waals surface area contributed by atoms with Crippen molar-refractivity contribution < 1.29 is 40.3 Å². The van der Waals surface area contributed by atoms with E-state index < -0.39 is 42.2 Å². The van der Waals surface area contributed by atoms with E-state index in [4.69, 9.17) is 0 Å². The van der Waals surface area contributed by atoms with Gasteiger partial charge >= 0.3 is 18.0 Å². The van der Waals surface area contributed by atoms with Crippen LogP contribution in [0.5, 0.6) is 0 Å². The number of hydrogen-bond acceptors (Lipinski definition) is 2. The quantitative estimate of drug-likeness (QED) is 0.673. The van der Waals surface area contributed by atoms with E-state index in [1.807, 2.05) is 5.32 Å². The summed E-state index contributed by atoms with van der Waals surface area (Å²) >= 11 is 0. The summed E-state index contributed by atoms with van der Waals surface area (Å²) in [6.45, 7) is 0. The number of hydrogen-bond donors (Lipinski definition) is 1. The van der Waals surface area contributed by atoms with Gasteiger partial charge in [-0.1, -0.05) is 48.5 Å². The van der Waals surface area contributed by atoms with Gasteiger partial charge in [0.1, 0.15) is 0 Å². The summed E-state index contributed by atoms with van der Waals surface area (Å²) in [5.74, 6) is -16.5. The van der Waals surface area contributed by atoms with E-state index in [-0.39, 0.29) is 11.1 Å². The third-order valence-corrected chi connectivity index (χ3v) is 4.00. The predicted octanol–water partition coefficient (Wildman–Crippen LogP) is 4.43. The maximum Gasteiger partial charge on any atom is 0.460 e. The molecule has 0 aliphatic rings. The van der Waals surface area contributed by atoms with Gasteiger partial charge < -0.3 is 5.32 Å². The molecule has 3 nitrogen and oxygen atoms in total. The van der Waals surface area contributed by atoms with E-state index in [1.165, 1.54) is 60.7 Å². The summed E-state index contributed by atoms with van der Waals surface area (Å²) in [5.41, 5.74) is 0.0783. The summed E-state index contributed by atoms with van der Waals surface area (Å²) in [5, 5.41) is 1.84. The Morgan fingerprint density at radius 3 is 1.76 bits per heavy atom. The lowest BCUT2D eigenvalue weighted by atomic mass is 9.94. The molecule has 0 heterocycles. The number of ketones is 1. The molecule has 0 spiro atoms. The number of carbonyl (C=O) groups excluding carboxylic acids is 2. The Balaban J connectivity index is 2.38. The van der Waals surface area contributed by atoms with Crippen molar-refractivity contribution in [2.24, 2.45) is 0 Å². The molecule has 0 bridgehead atoms. The minimum absolute atomic E-state index is 0.0933. The second kappa shape index (κ2) is 8.22. The molecule has 0 aromatic heterocycles. The van der Waals surface area contributed by atoms with Gasteiger partial charge in [0.2, 0.25) is 5.78 Å². The number of nitrogens with one attached hydrogen (secondary N) is 1. The molecule has 1 atom stereocenters. The van der Waals surface area contributed by atoms with Crippen LogP contribution in [0, 0.1) is 0 Å². The Kier molecular flexibility index (Phi) is 6.34. The lowest BCUT2D eigenvalue weighted by Gasteiger charge is -2.30. The van der Waals surface area contributed by atoms with Crippen LogP contribution in [0.25, 0.3) is 0 Å². The number of benzene rings is 2. The summed E-state index contributed by atoms with van der Waals surface area (Å²) in [7, 11) is 0. The molecular formula is C19H14F7NO2. The first-order valence-electron chi connectivity index (χ1n) is 8.14. The monoisotopic (exact) mass is 421 g/mol. The van der Waals surface area contributed by atoms with Crippen molar-refractivity contribution in [3.63, 3.8) is 0 Å². The van der Waals surface area contributed by atoms with Crippen molar-refractivity contribution in [2.45, 2.75) is 30.5 Å². The molecule has 29 heavy (non-hydrogen) atoms. The van der Waals surface area contributed by atoms with Crippen molar-refractivity contribution in [3.05, 3.63) is 71.8 Å². The number of rotatable bonds is 7. The van der Waals surface area contributed by atoms with Crippen LogP contribution in [0.4, 0.5) is 30.7 Å². The van der Waals surface area contributed by atoms with Gasteiger partial charge in [-0.2, -0.15) is 30.7 Å². The topological polar surface area (TPSA) is 46.2 Å². The average molecular weight is 421 g/mol. The van der Waals surface area contributed by atoms with Gasteiger partial charge in [-0.25, -0.2) is 0 Å². The molecule has 2 aromatic carbocycles. The maximum atomic E-state index is 13.9. The molecule has 10 heteroatoms. The van der Waals surface area contributed by atoms with Crippen LogP contribution in [-0.4, -0.2) is 35.8 Å². The van der Waals surface area contributed by atoms with Crippen LogP contribution in [0.3, 0.4) is 0 Å². The Hall–Kier alpha value is -2.91. The molecular weight excluding hydrogens is 407 g/mol. The van der Waals surface area contributed by atoms with E-state index in [0.717, 1.165) is 0 Å². The smallest absolute Gasteiger partial charge is 0.342 e. The van der Waals surface area contributed by atoms with E-state index in [0.29, 0.717) is 0 Å². The van der Waals surface area contributed by atoms with Gasteiger partial charge in [0.05, 0.1) is 6.04 Å². The predicted molar refractivity (Wildman–Crippen MR) is 88.8 cm³/mol. The third kappa shape index (κ3) is 4.75. The normalized spacial score (nSPS) is 13.6. The molecule has 2 rings (SSSR count). The van der Waals surface area contributed by atoms with Crippen molar-refractivity contribution in [3.8, 4) is 0 Å². The van der Waals surface area contributed by atoms with Crippen LogP contribution in [0.15, 0.2) is 60.7 Å².